The first-order chi connectivity index (χ1) is 16.0. The molecule has 4 rings (SSSR count). The third kappa shape index (κ3) is 2.68. The molecule has 0 bridgehead atoms. The Labute approximate surface area is 207 Å². The quantitative estimate of drug-likeness (QED) is 0.339. The van der Waals surface area contributed by atoms with E-state index >= 15 is 0 Å². The highest BCUT2D eigenvalue weighted by molar-refractivity contribution is 6.17. The van der Waals surface area contributed by atoms with Gasteiger partial charge in [0.2, 0.25) is 0 Å². The lowest BCUT2D eigenvalue weighted by molar-refractivity contribution is -0.238. The summed E-state index contributed by atoms with van der Waals surface area (Å²) in [5.41, 5.74) is -3.75. The van der Waals surface area contributed by atoms with E-state index in [1.54, 1.807) is 13.8 Å². The van der Waals surface area contributed by atoms with Crippen molar-refractivity contribution in [3.63, 3.8) is 0 Å². The van der Waals surface area contributed by atoms with Gasteiger partial charge in [0.15, 0.2) is 11.2 Å². The van der Waals surface area contributed by atoms with Gasteiger partial charge in [0.05, 0.1) is 18.6 Å². The standard InChI is InChI=1S/C28H40O7/c1-14-12-19-25(6)13-17(30)22(35-16(3)29)24(4,5)18(25)10-11-26(19,7)28(23(33)34-9)21(32)15(2)20(31)27(14,28)8/h12,17-19,22,30-31H,10-11,13H2,1-9H3/t17-,18+,19-,22-,25+,26-,27-,28+/m0/s1. The average Bonchev–Trinajstić information content (AvgIpc) is 2.92. The third-order valence-electron chi connectivity index (χ3n) is 10.9. The van der Waals surface area contributed by atoms with E-state index in [0.29, 0.717) is 19.3 Å². The summed E-state index contributed by atoms with van der Waals surface area (Å²) < 4.78 is 11.0. The maximum absolute atomic E-state index is 14.1. The number of fused-ring (bicyclic) bond motifs is 5. The Morgan fingerprint density at radius 2 is 1.71 bits per heavy atom. The van der Waals surface area contributed by atoms with Crippen molar-refractivity contribution in [2.45, 2.75) is 86.9 Å². The van der Waals surface area contributed by atoms with Crippen LogP contribution in [-0.4, -0.2) is 47.3 Å². The number of hydrogen-bond donors (Lipinski definition) is 2. The zero-order chi connectivity index (χ0) is 26.5. The van der Waals surface area contributed by atoms with Gasteiger partial charge < -0.3 is 19.7 Å². The van der Waals surface area contributed by atoms with E-state index < -0.39 is 51.2 Å². The van der Waals surface area contributed by atoms with Crippen LogP contribution in [0.4, 0.5) is 0 Å². The van der Waals surface area contributed by atoms with Crippen molar-refractivity contribution in [3.05, 3.63) is 23.0 Å². The van der Waals surface area contributed by atoms with Gasteiger partial charge in [-0.3, -0.25) is 14.4 Å². The Morgan fingerprint density at radius 3 is 2.26 bits per heavy atom. The van der Waals surface area contributed by atoms with Crippen LogP contribution < -0.4 is 0 Å². The van der Waals surface area contributed by atoms with Gasteiger partial charge in [-0.25, -0.2) is 0 Å². The molecule has 0 unspecified atom stereocenters. The van der Waals surface area contributed by atoms with Crippen LogP contribution >= 0.6 is 0 Å². The van der Waals surface area contributed by atoms with Gasteiger partial charge >= 0.3 is 11.9 Å². The summed E-state index contributed by atoms with van der Waals surface area (Å²) in [6.07, 6.45) is 2.19. The fraction of sp³-hybridized carbons (Fsp3) is 0.750. The van der Waals surface area contributed by atoms with Crippen molar-refractivity contribution in [2.24, 2.45) is 38.9 Å². The van der Waals surface area contributed by atoms with E-state index in [-0.39, 0.29) is 29.0 Å². The van der Waals surface area contributed by atoms with Crippen molar-refractivity contribution >= 4 is 17.7 Å². The predicted octanol–water partition coefficient (Wildman–Crippen LogP) is 4.29. The van der Waals surface area contributed by atoms with Crippen LogP contribution in [0.25, 0.3) is 0 Å². The summed E-state index contributed by atoms with van der Waals surface area (Å²) in [7, 11) is 1.30. The van der Waals surface area contributed by atoms with E-state index in [4.69, 9.17) is 9.47 Å². The van der Waals surface area contributed by atoms with Gasteiger partial charge in [-0.2, -0.15) is 0 Å². The molecular weight excluding hydrogens is 448 g/mol. The number of carbonyl (C=O) groups is 3. The predicted molar refractivity (Wildman–Crippen MR) is 129 cm³/mol. The van der Waals surface area contributed by atoms with Gasteiger partial charge in [0.25, 0.3) is 0 Å². The fourth-order valence-corrected chi connectivity index (χ4v) is 9.40. The van der Waals surface area contributed by atoms with Gasteiger partial charge in [0, 0.05) is 17.9 Å². The monoisotopic (exact) mass is 488 g/mol. The Morgan fingerprint density at radius 1 is 1.11 bits per heavy atom. The zero-order valence-electron chi connectivity index (χ0n) is 22.4. The summed E-state index contributed by atoms with van der Waals surface area (Å²) in [5, 5.41) is 22.6. The van der Waals surface area contributed by atoms with Gasteiger partial charge in [0.1, 0.15) is 11.9 Å². The van der Waals surface area contributed by atoms with Crippen molar-refractivity contribution in [1.29, 1.82) is 0 Å². The number of aliphatic hydroxyl groups excluding tert-OH is 2. The second kappa shape index (κ2) is 7.44. The number of hydrogen-bond acceptors (Lipinski definition) is 7. The van der Waals surface area contributed by atoms with E-state index in [2.05, 4.69) is 13.0 Å². The fourth-order valence-electron chi connectivity index (χ4n) is 9.40. The van der Waals surface area contributed by atoms with Crippen LogP contribution in [0.2, 0.25) is 0 Å². The van der Waals surface area contributed by atoms with Crippen LogP contribution in [-0.2, 0) is 23.9 Å². The van der Waals surface area contributed by atoms with Crippen molar-refractivity contribution in [2.75, 3.05) is 7.11 Å². The summed E-state index contributed by atoms with van der Waals surface area (Å²) in [5.74, 6) is -1.68. The Kier molecular flexibility index (Phi) is 5.51. The van der Waals surface area contributed by atoms with Crippen LogP contribution in [0.1, 0.15) is 74.7 Å². The minimum absolute atomic E-state index is 0.0584. The third-order valence-corrected chi connectivity index (χ3v) is 10.9. The summed E-state index contributed by atoms with van der Waals surface area (Å²) >= 11 is 0. The normalized spacial score (nSPS) is 46.2. The van der Waals surface area contributed by atoms with Crippen LogP contribution in [0.5, 0.6) is 0 Å². The van der Waals surface area contributed by atoms with E-state index in [0.717, 1.165) is 5.57 Å². The number of ether oxygens (including phenoxy) is 2. The number of esters is 2. The number of rotatable bonds is 2. The molecule has 0 amide bonds. The molecule has 7 heteroatoms. The molecule has 2 N–H and O–H groups in total. The molecule has 194 valence electrons. The smallest absolute Gasteiger partial charge is 0.321 e. The molecule has 0 radical (unpaired) electrons. The molecule has 0 heterocycles. The Hall–Kier alpha value is -2.15. The SMILES string of the molecule is COC(=O)[C@@]12C(=O)C(C)=C(O)[C@]1(C)C(C)=C[C@H]1[C@]3(C)C[C@H](O)[C@H](OC(C)=O)C(C)(C)[C@H]3CC[C@@]12C. The maximum atomic E-state index is 14.1. The van der Waals surface area contributed by atoms with E-state index in [9.17, 15) is 24.6 Å². The second-order valence-corrected chi connectivity index (χ2v) is 12.6. The molecule has 0 aromatic carbocycles. The highest BCUT2D eigenvalue weighted by Gasteiger charge is 2.80. The number of methoxy groups -OCH3 is 1. The number of carbonyl (C=O) groups excluding carboxylic acids is 3. The number of aliphatic hydroxyl groups is 2. The lowest BCUT2D eigenvalue weighted by Gasteiger charge is -2.69. The van der Waals surface area contributed by atoms with Crippen molar-refractivity contribution < 1.29 is 34.1 Å². The van der Waals surface area contributed by atoms with Crippen molar-refractivity contribution in [3.8, 4) is 0 Å². The minimum Gasteiger partial charge on any atom is -0.511 e. The highest BCUT2D eigenvalue weighted by Crippen LogP contribution is 2.77. The Balaban J connectivity index is 1.97. The molecule has 4 aliphatic rings. The second-order valence-electron chi connectivity index (χ2n) is 12.6. The first-order valence-electron chi connectivity index (χ1n) is 12.6. The minimum atomic E-state index is -1.61. The molecule has 2 saturated carbocycles. The van der Waals surface area contributed by atoms with Gasteiger partial charge in [-0.1, -0.05) is 39.3 Å². The maximum Gasteiger partial charge on any atom is 0.321 e. The van der Waals surface area contributed by atoms with Crippen molar-refractivity contribution in [1.82, 2.24) is 0 Å². The molecule has 0 aliphatic heterocycles. The molecule has 0 aromatic heterocycles. The molecule has 0 spiro atoms. The van der Waals surface area contributed by atoms with Crippen LogP contribution in [0.3, 0.4) is 0 Å². The Bertz CT molecular complexity index is 1070. The molecule has 35 heavy (non-hydrogen) atoms. The number of allylic oxidation sites excluding steroid dienone is 3. The zero-order valence-corrected chi connectivity index (χ0v) is 22.4. The van der Waals surface area contributed by atoms with Crippen LogP contribution in [0.15, 0.2) is 23.0 Å². The van der Waals surface area contributed by atoms with Gasteiger partial charge in [-0.15, -0.1) is 0 Å². The first kappa shape index (κ1) is 25.9. The largest absolute Gasteiger partial charge is 0.511 e. The topological polar surface area (TPSA) is 110 Å². The lowest BCUT2D eigenvalue weighted by Crippen LogP contribution is -2.71. The molecule has 0 saturated heterocycles. The van der Waals surface area contributed by atoms with E-state index in [1.165, 1.54) is 14.0 Å². The average molecular weight is 489 g/mol. The molecular formula is C28H40O7. The summed E-state index contributed by atoms with van der Waals surface area (Å²) in [6.45, 7) is 14.8. The lowest BCUT2D eigenvalue weighted by atomic mass is 9.33. The highest BCUT2D eigenvalue weighted by atomic mass is 16.6. The molecule has 4 aliphatic carbocycles. The summed E-state index contributed by atoms with van der Waals surface area (Å²) in [6, 6.07) is 0. The van der Waals surface area contributed by atoms with Crippen LogP contribution in [0, 0.1) is 38.9 Å². The number of Topliss-reactive ketones (excluding diaryl/α,β-unsaturated/α-hetero) is 1. The molecule has 2 fully saturated rings. The first-order valence-corrected chi connectivity index (χ1v) is 12.6. The molecule has 8 atom stereocenters. The van der Waals surface area contributed by atoms with Gasteiger partial charge in [-0.05, 0) is 62.7 Å². The summed E-state index contributed by atoms with van der Waals surface area (Å²) in [4.78, 5) is 39.7. The molecule has 0 aromatic rings. The number of ketones is 1. The van der Waals surface area contributed by atoms with E-state index in [1.807, 2.05) is 27.7 Å². The molecule has 7 nitrogen and oxygen atoms in total.